The molecule has 48 valence electrons. The summed E-state index contributed by atoms with van der Waals surface area (Å²) in [5.41, 5.74) is 1.18. The van der Waals surface area contributed by atoms with Crippen LogP contribution in [0.5, 0.6) is 0 Å². The second kappa shape index (κ2) is 4.50. The number of hydrogen-bond acceptors (Lipinski definition) is 2. The summed E-state index contributed by atoms with van der Waals surface area (Å²) in [5, 5.41) is 6.07. The van der Waals surface area contributed by atoms with Gasteiger partial charge in [-0.05, 0) is 13.8 Å². The van der Waals surface area contributed by atoms with Crippen LogP contribution in [0.1, 0.15) is 13.8 Å². The first-order valence-corrected chi connectivity index (χ1v) is 2.89. The van der Waals surface area contributed by atoms with E-state index in [4.69, 9.17) is 0 Å². The molecular formula is C6H14N2. The Morgan fingerprint density at radius 3 is 2.62 bits per heavy atom. The average Bonchev–Trinajstić information content (AvgIpc) is 1.68. The Balaban J connectivity index is 3.29. The molecule has 0 bridgehead atoms. The van der Waals surface area contributed by atoms with Crippen molar-refractivity contribution in [3.63, 3.8) is 0 Å². The molecule has 0 rings (SSSR count). The van der Waals surface area contributed by atoms with Crippen LogP contribution in [0, 0.1) is 0 Å². The molecule has 2 N–H and O–H groups in total. The normalized spacial score (nSPS) is 11.1. The van der Waals surface area contributed by atoms with E-state index in [0.717, 1.165) is 6.54 Å². The molecule has 2 nitrogen and oxygen atoms in total. The molecule has 0 heterocycles. The minimum absolute atomic E-state index is 0.990. The third-order valence-corrected chi connectivity index (χ3v) is 0.816. The molecule has 0 aliphatic heterocycles. The molecule has 0 aromatic rings. The van der Waals surface area contributed by atoms with Gasteiger partial charge in [0.25, 0.3) is 0 Å². The highest BCUT2D eigenvalue weighted by molar-refractivity contribution is 4.91. The predicted molar refractivity (Wildman–Crippen MR) is 36.5 cm³/mol. The highest BCUT2D eigenvalue weighted by atomic mass is 14.9. The standard InChI is InChI=1S/C6H14N2/c1-4-8-6(2)5-7-3/h5,7-8H,4H2,1-3H3/b6-5+. The van der Waals surface area contributed by atoms with Crippen molar-refractivity contribution in [1.82, 2.24) is 10.6 Å². The number of nitrogens with one attached hydrogen (secondary N) is 2. The molecule has 8 heavy (non-hydrogen) atoms. The van der Waals surface area contributed by atoms with Gasteiger partial charge in [0.05, 0.1) is 0 Å². The molecule has 0 aromatic heterocycles. The molecular weight excluding hydrogens is 100 g/mol. The van der Waals surface area contributed by atoms with Crippen molar-refractivity contribution in [1.29, 1.82) is 0 Å². The summed E-state index contributed by atoms with van der Waals surface area (Å²) >= 11 is 0. The molecule has 0 saturated carbocycles. The molecule has 0 fully saturated rings. The van der Waals surface area contributed by atoms with Crippen LogP contribution < -0.4 is 10.6 Å². The van der Waals surface area contributed by atoms with Crippen LogP contribution in [0.25, 0.3) is 0 Å². The quantitative estimate of drug-likeness (QED) is 0.563. The highest BCUT2D eigenvalue weighted by Crippen LogP contribution is 1.78. The van der Waals surface area contributed by atoms with Gasteiger partial charge < -0.3 is 10.6 Å². The maximum absolute atomic E-state index is 3.14. The lowest BCUT2D eigenvalue weighted by Crippen LogP contribution is -2.11. The summed E-state index contributed by atoms with van der Waals surface area (Å²) in [5.74, 6) is 0. The largest absolute Gasteiger partial charge is 0.393 e. The fourth-order valence-corrected chi connectivity index (χ4v) is 0.546. The van der Waals surface area contributed by atoms with Crippen molar-refractivity contribution in [3.8, 4) is 0 Å². The van der Waals surface area contributed by atoms with Gasteiger partial charge in [0.15, 0.2) is 0 Å². The lowest BCUT2D eigenvalue weighted by Gasteiger charge is -2.00. The molecule has 0 saturated heterocycles. The first-order valence-electron chi connectivity index (χ1n) is 2.89. The Bertz CT molecular complexity index is 76.6. The second-order valence-corrected chi connectivity index (χ2v) is 1.65. The van der Waals surface area contributed by atoms with Crippen LogP contribution in [0.3, 0.4) is 0 Å². The number of hydrogen-bond donors (Lipinski definition) is 2. The van der Waals surface area contributed by atoms with Crippen molar-refractivity contribution in [2.24, 2.45) is 0 Å². The van der Waals surface area contributed by atoms with E-state index in [2.05, 4.69) is 17.6 Å². The van der Waals surface area contributed by atoms with Crippen LogP contribution in [0.2, 0.25) is 0 Å². The van der Waals surface area contributed by atoms with Crippen LogP contribution >= 0.6 is 0 Å². The van der Waals surface area contributed by atoms with Gasteiger partial charge in [-0.3, -0.25) is 0 Å². The molecule has 0 radical (unpaired) electrons. The molecule has 0 aliphatic carbocycles. The fraction of sp³-hybridized carbons (Fsp3) is 0.667. The summed E-state index contributed by atoms with van der Waals surface area (Å²) in [4.78, 5) is 0. The van der Waals surface area contributed by atoms with E-state index >= 15 is 0 Å². The summed E-state index contributed by atoms with van der Waals surface area (Å²) < 4.78 is 0. The molecule has 0 aromatic carbocycles. The maximum Gasteiger partial charge on any atom is 0.0234 e. The average molecular weight is 114 g/mol. The lowest BCUT2D eigenvalue weighted by atomic mass is 10.5. The summed E-state index contributed by atoms with van der Waals surface area (Å²) in [6, 6.07) is 0. The highest BCUT2D eigenvalue weighted by Gasteiger charge is 1.78. The van der Waals surface area contributed by atoms with Gasteiger partial charge in [-0.25, -0.2) is 0 Å². The minimum atomic E-state index is 0.990. The summed E-state index contributed by atoms with van der Waals surface area (Å²) in [6.07, 6.45) is 1.93. The van der Waals surface area contributed by atoms with Crippen LogP contribution in [-0.2, 0) is 0 Å². The lowest BCUT2D eigenvalue weighted by molar-refractivity contribution is 0.837. The van der Waals surface area contributed by atoms with E-state index < -0.39 is 0 Å². The molecule has 2 heteroatoms. The third-order valence-electron chi connectivity index (χ3n) is 0.816. The van der Waals surface area contributed by atoms with E-state index in [0.29, 0.717) is 0 Å². The van der Waals surface area contributed by atoms with Crippen LogP contribution in [0.4, 0.5) is 0 Å². The van der Waals surface area contributed by atoms with Crippen molar-refractivity contribution in [2.75, 3.05) is 13.6 Å². The van der Waals surface area contributed by atoms with E-state index in [-0.39, 0.29) is 0 Å². The third kappa shape index (κ3) is 3.53. The zero-order valence-electron chi connectivity index (χ0n) is 5.78. The fourth-order valence-electron chi connectivity index (χ4n) is 0.546. The van der Waals surface area contributed by atoms with E-state index in [9.17, 15) is 0 Å². The summed E-state index contributed by atoms with van der Waals surface area (Å²) in [7, 11) is 1.89. The Kier molecular flexibility index (Phi) is 4.13. The van der Waals surface area contributed by atoms with Gasteiger partial charge in [0.1, 0.15) is 0 Å². The Labute approximate surface area is 51.0 Å². The molecule has 0 aliphatic rings. The van der Waals surface area contributed by atoms with Crippen LogP contribution in [0.15, 0.2) is 11.9 Å². The van der Waals surface area contributed by atoms with E-state index in [1.54, 1.807) is 0 Å². The van der Waals surface area contributed by atoms with Crippen molar-refractivity contribution < 1.29 is 0 Å². The molecule has 0 unspecified atom stereocenters. The minimum Gasteiger partial charge on any atom is -0.393 e. The Morgan fingerprint density at radius 1 is 1.62 bits per heavy atom. The first-order chi connectivity index (χ1) is 3.81. The zero-order valence-corrected chi connectivity index (χ0v) is 5.78. The maximum atomic E-state index is 3.14. The number of allylic oxidation sites excluding steroid dienone is 1. The van der Waals surface area contributed by atoms with Gasteiger partial charge in [-0.2, -0.15) is 0 Å². The van der Waals surface area contributed by atoms with Crippen LogP contribution in [-0.4, -0.2) is 13.6 Å². The van der Waals surface area contributed by atoms with Crippen molar-refractivity contribution in [2.45, 2.75) is 13.8 Å². The topological polar surface area (TPSA) is 24.1 Å². The van der Waals surface area contributed by atoms with Gasteiger partial charge >= 0.3 is 0 Å². The molecule has 0 atom stereocenters. The Morgan fingerprint density at radius 2 is 2.25 bits per heavy atom. The smallest absolute Gasteiger partial charge is 0.0234 e. The Hall–Kier alpha value is -0.660. The zero-order chi connectivity index (χ0) is 6.41. The molecule has 0 amide bonds. The van der Waals surface area contributed by atoms with E-state index in [1.807, 2.05) is 20.2 Å². The second-order valence-electron chi connectivity index (χ2n) is 1.65. The number of rotatable bonds is 3. The molecule has 0 spiro atoms. The van der Waals surface area contributed by atoms with Crippen molar-refractivity contribution >= 4 is 0 Å². The van der Waals surface area contributed by atoms with Gasteiger partial charge in [0.2, 0.25) is 0 Å². The monoisotopic (exact) mass is 114 g/mol. The van der Waals surface area contributed by atoms with Gasteiger partial charge in [0, 0.05) is 25.5 Å². The van der Waals surface area contributed by atoms with Gasteiger partial charge in [-0.15, -0.1) is 0 Å². The van der Waals surface area contributed by atoms with Crippen molar-refractivity contribution in [3.05, 3.63) is 11.9 Å². The van der Waals surface area contributed by atoms with E-state index in [1.165, 1.54) is 5.70 Å². The summed E-state index contributed by atoms with van der Waals surface area (Å²) in [6.45, 7) is 5.09. The first kappa shape index (κ1) is 7.34. The van der Waals surface area contributed by atoms with Gasteiger partial charge in [-0.1, -0.05) is 0 Å². The SMILES string of the molecule is CCN/C(C)=C/NC. The predicted octanol–water partition coefficient (Wildman–Crippen LogP) is 0.677.